The molecule has 0 bridgehead atoms. The highest BCUT2D eigenvalue weighted by atomic mass is 35.5. The molecule has 0 unspecified atom stereocenters. The van der Waals surface area contributed by atoms with Gasteiger partial charge in [0, 0.05) is 24.6 Å². The Kier molecular flexibility index (Phi) is 8.92. The van der Waals surface area contributed by atoms with Gasteiger partial charge in [-0.05, 0) is 25.5 Å². The van der Waals surface area contributed by atoms with Crippen molar-refractivity contribution in [2.24, 2.45) is 0 Å². The zero-order valence-corrected chi connectivity index (χ0v) is 19.9. The van der Waals surface area contributed by atoms with Crippen molar-refractivity contribution in [3.8, 4) is 5.69 Å². The highest BCUT2D eigenvalue weighted by molar-refractivity contribution is 6.32. The Morgan fingerprint density at radius 1 is 1.16 bits per heavy atom. The molecule has 7 nitrogen and oxygen atoms in total. The van der Waals surface area contributed by atoms with Crippen molar-refractivity contribution in [1.29, 1.82) is 0 Å². The number of aromatic nitrogens is 2. The maximum Gasteiger partial charge on any atom is 0.317 e. The summed E-state index contributed by atoms with van der Waals surface area (Å²) in [5.74, 6) is 0.240. The van der Waals surface area contributed by atoms with Crippen LogP contribution < -0.4 is 10.6 Å². The molecule has 31 heavy (non-hydrogen) atoms. The third-order valence-electron chi connectivity index (χ3n) is 4.81. The summed E-state index contributed by atoms with van der Waals surface area (Å²) in [6.45, 7) is 11.1. The van der Waals surface area contributed by atoms with Gasteiger partial charge in [0.1, 0.15) is 12.4 Å². The van der Waals surface area contributed by atoms with Crippen LogP contribution in [0.2, 0.25) is 5.02 Å². The molecule has 2 N–H and O–H groups in total. The van der Waals surface area contributed by atoms with Crippen LogP contribution in [0.3, 0.4) is 0 Å². The van der Waals surface area contributed by atoms with Crippen LogP contribution in [0, 0.1) is 0 Å². The van der Waals surface area contributed by atoms with Gasteiger partial charge < -0.3 is 15.5 Å². The van der Waals surface area contributed by atoms with Crippen molar-refractivity contribution in [1.82, 2.24) is 20.0 Å². The number of hydrogen-bond donors (Lipinski definition) is 2. The van der Waals surface area contributed by atoms with Crippen molar-refractivity contribution in [3.63, 3.8) is 0 Å². The van der Waals surface area contributed by atoms with Gasteiger partial charge in [0.25, 0.3) is 0 Å². The zero-order valence-electron chi connectivity index (χ0n) is 19.2. The number of para-hydroxylation sites is 1. The number of urea groups is 1. The molecule has 0 spiro atoms. The molecule has 0 atom stereocenters. The quantitative estimate of drug-likeness (QED) is 0.532. The predicted molar refractivity (Wildman–Crippen MR) is 126 cm³/mol. The van der Waals surface area contributed by atoms with Gasteiger partial charge in [0.05, 0.1) is 16.4 Å². The second-order valence-electron chi connectivity index (χ2n) is 8.54. The van der Waals surface area contributed by atoms with Gasteiger partial charge in [-0.15, -0.1) is 0 Å². The summed E-state index contributed by atoms with van der Waals surface area (Å²) in [7, 11) is 0. The number of nitrogens with one attached hydrogen (secondary N) is 2. The number of hydrogen-bond acceptors (Lipinski definition) is 3. The highest BCUT2D eigenvalue weighted by Gasteiger charge is 2.23. The molecule has 0 aliphatic carbocycles. The van der Waals surface area contributed by atoms with Gasteiger partial charge in [-0.25, -0.2) is 9.48 Å². The summed E-state index contributed by atoms with van der Waals surface area (Å²) in [6, 6.07) is 8.97. The average molecular weight is 448 g/mol. The predicted octanol–water partition coefficient (Wildman–Crippen LogP) is 4.98. The van der Waals surface area contributed by atoms with E-state index in [1.165, 1.54) is 0 Å². The molecule has 1 heterocycles. The number of halogens is 1. The Hall–Kier alpha value is -2.54. The average Bonchev–Trinajstić information content (AvgIpc) is 3.11. The highest BCUT2D eigenvalue weighted by Crippen LogP contribution is 2.29. The van der Waals surface area contributed by atoms with Gasteiger partial charge in [-0.1, -0.05) is 64.3 Å². The van der Waals surface area contributed by atoms with Gasteiger partial charge in [-0.2, -0.15) is 5.10 Å². The molecular weight excluding hydrogens is 414 g/mol. The smallest absolute Gasteiger partial charge is 0.317 e. The van der Waals surface area contributed by atoms with E-state index in [9.17, 15) is 9.59 Å². The largest absolute Gasteiger partial charge is 0.338 e. The molecule has 1 aromatic carbocycles. The Morgan fingerprint density at radius 2 is 1.87 bits per heavy atom. The summed E-state index contributed by atoms with van der Waals surface area (Å²) in [5, 5.41) is 10.9. The summed E-state index contributed by atoms with van der Waals surface area (Å²) < 4.78 is 1.65. The number of benzene rings is 1. The number of rotatable bonds is 9. The number of amides is 3. The molecule has 0 saturated carbocycles. The molecule has 3 amide bonds. The van der Waals surface area contributed by atoms with E-state index in [2.05, 4.69) is 38.3 Å². The third-order valence-corrected chi connectivity index (χ3v) is 5.13. The van der Waals surface area contributed by atoms with Crippen LogP contribution in [0.1, 0.15) is 59.6 Å². The van der Waals surface area contributed by atoms with Crippen LogP contribution in [0.15, 0.2) is 30.3 Å². The summed E-state index contributed by atoms with van der Waals surface area (Å²) in [6.07, 6.45) is 2.90. The normalized spacial score (nSPS) is 11.3. The minimum Gasteiger partial charge on any atom is -0.338 e. The number of carbonyl (C=O) groups is 2. The number of carbonyl (C=O) groups excluding carboxylic acids is 2. The van der Waals surface area contributed by atoms with Crippen LogP contribution in [-0.4, -0.2) is 46.3 Å². The minimum absolute atomic E-state index is 0.0336. The standard InChI is InChI=1S/C23H34ClN5O2/c1-6-8-11-14-28(22(31)25-7-2)16-21(30)26-20-15-19(23(3,4)5)27-29(20)18-13-10-9-12-17(18)24/h9-10,12-13,15H,6-8,11,14,16H2,1-5H3,(H,25,31)(H,26,30). The minimum atomic E-state index is -0.281. The maximum atomic E-state index is 12.9. The fourth-order valence-electron chi connectivity index (χ4n) is 3.07. The van der Waals surface area contributed by atoms with Gasteiger partial charge in [0.2, 0.25) is 5.91 Å². The van der Waals surface area contributed by atoms with E-state index in [0.29, 0.717) is 29.6 Å². The molecule has 0 aliphatic heterocycles. The van der Waals surface area contributed by atoms with Crippen molar-refractivity contribution >= 4 is 29.4 Å². The summed E-state index contributed by atoms with van der Waals surface area (Å²) in [5.41, 5.74) is 1.30. The monoisotopic (exact) mass is 447 g/mol. The molecule has 1 aromatic heterocycles. The van der Waals surface area contributed by atoms with Gasteiger partial charge in [-0.3, -0.25) is 4.79 Å². The fourth-order valence-corrected chi connectivity index (χ4v) is 3.28. The Morgan fingerprint density at radius 3 is 2.48 bits per heavy atom. The fraction of sp³-hybridized carbons (Fsp3) is 0.522. The maximum absolute atomic E-state index is 12.9. The lowest BCUT2D eigenvalue weighted by Gasteiger charge is -2.22. The number of nitrogens with zero attached hydrogens (tertiary/aromatic N) is 3. The first-order valence-electron chi connectivity index (χ1n) is 10.9. The molecular formula is C23H34ClN5O2. The molecule has 0 aliphatic rings. The second kappa shape index (κ2) is 11.2. The van der Waals surface area contributed by atoms with E-state index in [1.807, 2.05) is 31.2 Å². The van der Waals surface area contributed by atoms with Crippen molar-refractivity contribution in [2.75, 3.05) is 25.0 Å². The van der Waals surface area contributed by atoms with Crippen LogP contribution in [0.5, 0.6) is 0 Å². The summed E-state index contributed by atoms with van der Waals surface area (Å²) >= 11 is 6.39. The molecule has 170 valence electrons. The van der Waals surface area contributed by atoms with Crippen LogP contribution in [0.4, 0.5) is 10.6 Å². The third kappa shape index (κ3) is 6.99. The lowest BCUT2D eigenvalue weighted by atomic mass is 9.92. The van der Waals surface area contributed by atoms with E-state index in [1.54, 1.807) is 15.6 Å². The second-order valence-corrected chi connectivity index (χ2v) is 8.95. The lowest BCUT2D eigenvalue weighted by molar-refractivity contribution is -0.116. The van der Waals surface area contributed by atoms with E-state index in [-0.39, 0.29) is 23.9 Å². The van der Waals surface area contributed by atoms with Crippen LogP contribution in [-0.2, 0) is 10.2 Å². The summed E-state index contributed by atoms with van der Waals surface area (Å²) in [4.78, 5) is 26.8. The molecule has 0 fully saturated rings. The van der Waals surface area contributed by atoms with Crippen LogP contribution in [0.25, 0.3) is 5.69 Å². The first-order valence-corrected chi connectivity index (χ1v) is 11.2. The van der Waals surface area contributed by atoms with Gasteiger partial charge in [0.15, 0.2) is 0 Å². The van der Waals surface area contributed by atoms with Crippen molar-refractivity contribution in [2.45, 2.75) is 59.3 Å². The van der Waals surface area contributed by atoms with Crippen molar-refractivity contribution < 1.29 is 9.59 Å². The molecule has 2 aromatic rings. The van der Waals surface area contributed by atoms with E-state index < -0.39 is 0 Å². The Labute approximate surface area is 190 Å². The van der Waals surface area contributed by atoms with E-state index in [4.69, 9.17) is 16.7 Å². The van der Waals surface area contributed by atoms with Gasteiger partial charge >= 0.3 is 6.03 Å². The molecule has 2 rings (SSSR count). The lowest BCUT2D eigenvalue weighted by Crippen LogP contribution is -2.44. The zero-order chi connectivity index (χ0) is 23.0. The molecule has 8 heteroatoms. The Bertz CT molecular complexity index is 888. The Balaban J connectivity index is 2.26. The SMILES string of the molecule is CCCCCN(CC(=O)Nc1cc(C(C)(C)C)nn1-c1ccccc1Cl)C(=O)NCC. The topological polar surface area (TPSA) is 79.3 Å². The molecule has 0 radical (unpaired) electrons. The van der Waals surface area contributed by atoms with E-state index in [0.717, 1.165) is 25.0 Å². The van der Waals surface area contributed by atoms with Crippen LogP contribution >= 0.6 is 11.6 Å². The van der Waals surface area contributed by atoms with E-state index >= 15 is 0 Å². The number of anilines is 1. The number of unbranched alkanes of at least 4 members (excludes halogenated alkanes) is 2. The first kappa shape index (κ1) is 24.7. The first-order chi connectivity index (χ1) is 14.7. The van der Waals surface area contributed by atoms with Crippen molar-refractivity contribution in [3.05, 3.63) is 41.0 Å². The molecule has 0 saturated heterocycles.